The number of nitrogens with zero attached hydrogens (tertiary/aromatic N) is 2. The van der Waals surface area contributed by atoms with Gasteiger partial charge in [0.1, 0.15) is 5.65 Å². The van der Waals surface area contributed by atoms with Gasteiger partial charge in [0.2, 0.25) is 0 Å². The molecule has 0 saturated carbocycles. The Morgan fingerprint density at radius 3 is 2.81 bits per heavy atom. The van der Waals surface area contributed by atoms with Crippen LogP contribution in [-0.2, 0) is 6.42 Å². The van der Waals surface area contributed by atoms with Gasteiger partial charge in [-0.25, -0.2) is 4.98 Å². The summed E-state index contributed by atoms with van der Waals surface area (Å²) in [5.74, 6) is -0.0284. The summed E-state index contributed by atoms with van der Waals surface area (Å²) < 4.78 is 1.99. The van der Waals surface area contributed by atoms with Gasteiger partial charge in [-0.1, -0.05) is 35.9 Å². The SMILES string of the molecule is Cc1ccc(-c2ccsc2C(=O)NCCc2cn3ccccc3n2)cc1. The molecule has 0 unspecified atom stereocenters. The predicted octanol–water partition coefficient (Wildman–Crippen LogP) is 4.34. The van der Waals surface area contributed by atoms with E-state index in [1.54, 1.807) is 0 Å². The fourth-order valence-electron chi connectivity index (χ4n) is 2.94. The van der Waals surface area contributed by atoms with Crippen molar-refractivity contribution >= 4 is 22.9 Å². The molecular weight excluding hydrogens is 342 g/mol. The minimum Gasteiger partial charge on any atom is -0.351 e. The molecule has 0 aliphatic heterocycles. The van der Waals surface area contributed by atoms with Crippen LogP contribution in [0.15, 0.2) is 66.3 Å². The summed E-state index contributed by atoms with van der Waals surface area (Å²) in [6.45, 7) is 2.62. The first-order valence-corrected chi connectivity index (χ1v) is 9.44. The van der Waals surface area contributed by atoms with Crippen molar-refractivity contribution in [2.75, 3.05) is 6.54 Å². The van der Waals surface area contributed by atoms with E-state index >= 15 is 0 Å². The van der Waals surface area contributed by atoms with Gasteiger partial charge < -0.3 is 9.72 Å². The Morgan fingerprint density at radius 1 is 1.15 bits per heavy atom. The van der Waals surface area contributed by atoms with Gasteiger partial charge in [0.05, 0.1) is 10.6 Å². The normalized spacial score (nSPS) is 11.0. The van der Waals surface area contributed by atoms with Gasteiger partial charge >= 0.3 is 0 Å². The van der Waals surface area contributed by atoms with E-state index in [0.717, 1.165) is 27.3 Å². The minimum absolute atomic E-state index is 0.0284. The maximum Gasteiger partial charge on any atom is 0.261 e. The lowest BCUT2D eigenvalue weighted by Gasteiger charge is -2.06. The number of aromatic nitrogens is 2. The van der Waals surface area contributed by atoms with Crippen LogP contribution in [0, 0.1) is 6.92 Å². The smallest absolute Gasteiger partial charge is 0.261 e. The Labute approximate surface area is 156 Å². The molecule has 1 N–H and O–H groups in total. The quantitative estimate of drug-likeness (QED) is 0.575. The molecule has 0 fully saturated rings. The summed E-state index contributed by atoms with van der Waals surface area (Å²) in [6, 6.07) is 16.2. The molecule has 26 heavy (non-hydrogen) atoms. The first-order chi connectivity index (χ1) is 12.7. The lowest BCUT2D eigenvalue weighted by atomic mass is 10.0. The van der Waals surface area contributed by atoms with Crippen LogP contribution in [0.5, 0.6) is 0 Å². The van der Waals surface area contributed by atoms with E-state index in [2.05, 4.69) is 41.5 Å². The molecule has 4 rings (SSSR count). The monoisotopic (exact) mass is 361 g/mol. The molecular formula is C21H19N3OS. The average molecular weight is 361 g/mol. The number of amides is 1. The second kappa shape index (κ2) is 7.14. The van der Waals surface area contributed by atoms with Crippen LogP contribution in [0.25, 0.3) is 16.8 Å². The van der Waals surface area contributed by atoms with Crippen molar-refractivity contribution in [3.63, 3.8) is 0 Å². The average Bonchev–Trinajstić information content (AvgIpc) is 3.29. The fraction of sp³-hybridized carbons (Fsp3) is 0.143. The Kier molecular flexibility index (Phi) is 4.54. The summed E-state index contributed by atoms with van der Waals surface area (Å²) >= 11 is 1.47. The van der Waals surface area contributed by atoms with Crippen molar-refractivity contribution in [3.05, 3.63) is 82.4 Å². The van der Waals surface area contributed by atoms with Gasteiger partial charge in [0.25, 0.3) is 5.91 Å². The van der Waals surface area contributed by atoms with Crippen LogP contribution in [0.3, 0.4) is 0 Å². The highest BCUT2D eigenvalue weighted by Crippen LogP contribution is 2.28. The Balaban J connectivity index is 1.42. The van der Waals surface area contributed by atoms with E-state index in [1.165, 1.54) is 16.9 Å². The molecule has 0 bridgehead atoms. The van der Waals surface area contributed by atoms with Crippen LogP contribution < -0.4 is 5.32 Å². The lowest BCUT2D eigenvalue weighted by molar-refractivity contribution is 0.0958. The van der Waals surface area contributed by atoms with E-state index in [0.29, 0.717) is 13.0 Å². The summed E-state index contributed by atoms with van der Waals surface area (Å²) in [7, 11) is 0. The molecule has 0 saturated heterocycles. The van der Waals surface area contributed by atoms with Crippen LogP contribution in [-0.4, -0.2) is 21.8 Å². The van der Waals surface area contributed by atoms with Crippen LogP contribution in [0.2, 0.25) is 0 Å². The summed E-state index contributed by atoms with van der Waals surface area (Å²) in [4.78, 5) is 17.9. The fourth-order valence-corrected chi connectivity index (χ4v) is 3.77. The molecule has 3 heterocycles. The Bertz CT molecular complexity index is 1010. The van der Waals surface area contributed by atoms with E-state index in [4.69, 9.17) is 0 Å². The zero-order valence-electron chi connectivity index (χ0n) is 14.5. The maximum atomic E-state index is 12.6. The van der Waals surface area contributed by atoms with Gasteiger partial charge in [-0.05, 0) is 36.1 Å². The van der Waals surface area contributed by atoms with Crippen molar-refractivity contribution < 1.29 is 4.79 Å². The van der Waals surface area contributed by atoms with Gasteiger partial charge in [0, 0.05) is 30.9 Å². The standard InChI is InChI=1S/C21H19N3OS/c1-15-5-7-16(8-6-15)18-10-13-26-20(18)21(25)22-11-9-17-14-24-12-3-2-4-19(24)23-17/h2-8,10,12-14H,9,11H2,1H3,(H,22,25). The van der Waals surface area contributed by atoms with Crippen LogP contribution in [0.4, 0.5) is 0 Å². The van der Waals surface area contributed by atoms with Gasteiger partial charge in [-0.15, -0.1) is 11.3 Å². The second-order valence-electron chi connectivity index (χ2n) is 6.23. The first-order valence-electron chi connectivity index (χ1n) is 8.56. The summed E-state index contributed by atoms with van der Waals surface area (Å²) in [6.07, 6.45) is 4.69. The molecule has 5 heteroatoms. The zero-order valence-corrected chi connectivity index (χ0v) is 15.3. The van der Waals surface area contributed by atoms with Crippen molar-refractivity contribution in [1.82, 2.24) is 14.7 Å². The third-order valence-electron chi connectivity index (χ3n) is 4.31. The number of hydrogen-bond donors (Lipinski definition) is 1. The topological polar surface area (TPSA) is 46.4 Å². The highest BCUT2D eigenvalue weighted by molar-refractivity contribution is 7.12. The molecule has 130 valence electrons. The molecule has 0 aliphatic carbocycles. The van der Waals surface area contributed by atoms with Crippen LogP contribution >= 0.6 is 11.3 Å². The number of rotatable bonds is 5. The number of aryl methyl sites for hydroxylation is 1. The van der Waals surface area contributed by atoms with Crippen molar-refractivity contribution in [3.8, 4) is 11.1 Å². The lowest BCUT2D eigenvalue weighted by Crippen LogP contribution is -2.25. The third kappa shape index (κ3) is 3.39. The van der Waals surface area contributed by atoms with E-state index in [1.807, 2.05) is 46.4 Å². The molecule has 3 aromatic heterocycles. The second-order valence-corrected chi connectivity index (χ2v) is 7.15. The predicted molar refractivity (Wildman–Crippen MR) is 106 cm³/mol. The zero-order chi connectivity index (χ0) is 17.9. The van der Waals surface area contributed by atoms with Gasteiger partial charge in [0.15, 0.2) is 0 Å². The van der Waals surface area contributed by atoms with Crippen molar-refractivity contribution in [1.29, 1.82) is 0 Å². The molecule has 0 radical (unpaired) electrons. The molecule has 1 aromatic carbocycles. The number of imidazole rings is 1. The number of carbonyl (C=O) groups excluding carboxylic acids is 1. The number of hydrogen-bond acceptors (Lipinski definition) is 3. The van der Waals surface area contributed by atoms with Gasteiger partial charge in [-0.3, -0.25) is 4.79 Å². The summed E-state index contributed by atoms with van der Waals surface area (Å²) in [5.41, 5.74) is 5.17. The van der Waals surface area contributed by atoms with Crippen molar-refractivity contribution in [2.45, 2.75) is 13.3 Å². The molecule has 0 atom stereocenters. The maximum absolute atomic E-state index is 12.6. The number of benzene rings is 1. The van der Waals surface area contributed by atoms with E-state index < -0.39 is 0 Å². The number of nitrogens with one attached hydrogen (secondary N) is 1. The van der Waals surface area contributed by atoms with Crippen LogP contribution in [0.1, 0.15) is 20.9 Å². The summed E-state index contributed by atoms with van der Waals surface area (Å²) in [5, 5.41) is 4.99. The highest BCUT2D eigenvalue weighted by atomic mass is 32.1. The molecule has 4 nitrogen and oxygen atoms in total. The molecule has 0 aliphatic rings. The third-order valence-corrected chi connectivity index (χ3v) is 5.23. The van der Waals surface area contributed by atoms with E-state index in [9.17, 15) is 4.79 Å². The number of thiophene rings is 1. The number of pyridine rings is 1. The van der Waals surface area contributed by atoms with Crippen molar-refractivity contribution in [2.24, 2.45) is 0 Å². The number of fused-ring (bicyclic) bond motifs is 1. The Hall–Kier alpha value is -2.92. The molecule has 4 aromatic rings. The first kappa shape index (κ1) is 16.5. The van der Waals surface area contributed by atoms with E-state index in [-0.39, 0.29) is 5.91 Å². The molecule has 1 amide bonds. The Morgan fingerprint density at radius 2 is 2.00 bits per heavy atom. The number of carbonyl (C=O) groups is 1. The minimum atomic E-state index is -0.0284. The largest absolute Gasteiger partial charge is 0.351 e. The van der Waals surface area contributed by atoms with Gasteiger partial charge in [-0.2, -0.15) is 0 Å². The molecule has 0 spiro atoms. The highest BCUT2D eigenvalue weighted by Gasteiger charge is 2.14.